The van der Waals surface area contributed by atoms with Crippen LogP contribution in [0.3, 0.4) is 0 Å². The Kier molecular flexibility index (Phi) is 4.19. The molecule has 1 aromatic carbocycles. The molecule has 6 heteroatoms. The summed E-state index contributed by atoms with van der Waals surface area (Å²) in [7, 11) is 3.30. The van der Waals surface area contributed by atoms with E-state index in [4.69, 9.17) is 4.74 Å². The van der Waals surface area contributed by atoms with E-state index in [2.05, 4.69) is 5.43 Å². The summed E-state index contributed by atoms with van der Waals surface area (Å²) in [5.41, 5.74) is 2.44. The van der Waals surface area contributed by atoms with E-state index in [1.54, 1.807) is 14.1 Å². The fraction of sp³-hybridized carbons (Fsp3) is 0.300. The minimum absolute atomic E-state index is 0.104. The van der Waals surface area contributed by atoms with Gasteiger partial charge in [0.1, 0.15) is 5.75 Å². The summed E-state index contributed by atoms with van der Waals surface area (Å²) >= 11 is 0. The van der Waals surface area contributed by atoms with Crippen LogP contribution in [0.2, 0.25) is 0 Å². The van der Waals surface area contributed by atoms with Gasteiger partial charge in [0.2, 0.25) is 0 Å². The third-order valence-electron chi connectivity index (χ3n) is 1.61. The van der Waals surface area contributed by atoms with Crippen LogP contribution in [-0.2, 0) is 4.79 Å². The van der Waals surface area contributed by atoms with Gasteiger partial charge < -0.3 is 4.74 Å². The van der Waals surface area contributed by atoms with Crippen LogP contribution < -0.4 is 10.2 Å². The number of benzene rings is 1. The zero-order valence-electron chi connectivity index (χ0n) is 8.96. The highest BCUT2D eigenvalue weighted by Gasteiger charge is 2.06. The van der Waals surface area contributed by atoms with Crippen LogP contribution in [0.25, 0.3) is 0 Å². The topological polar surface area (TPSA) is 41.6 Å². The molecule has 16 heavy (non-hydrogen) atoms. The molecule has 0 aliphatic heterocycles. The average molecular weight is 230 g/mol. The van der Waals surface area contributed by atoms with Crippen molar-refractivity contribution >= 4 is 5.91 Å². The van der Waals surface area contributed by atoms with Gasteiger partial charge in [0.25, 0.3) is 5.91 Å². The third-order valence-corrected chi connectivity index (χ3v) is 1.61. The standard InChI is InChI=1S/C10H12F2N2O2/c1-14(2)13-10(15)6-16-7-3-4-8(11)9(12)5-7/h3-5H,6H2,1-2H3,(H,13,15). The van der Waals surface area contributed by atoms with Crippen molar-refractivity contribution in [1.29, 1.82) is 0 Å². The summed E-state index contributed by atoms with van der Waals surface area (Å²) in [6.07, 6.45) is 0. The van der Waals surface area contributed by atoms with E-state index >= 15 is 0 Å². The van der Waals surface area contributed by atoms with Gasteiger partial charge >= 0.3 is 0 Å². The minimum atomic E-state index is -1.01. The van der Waals surface area contributed by atoms with Gasteiger partial charge in [-0.1, -0.05) is 0 Å². The predicted molar refractivity (Wildman–Crippen MR) is 53.7 cm³/mol. The smallest absolute Gasteiger partial charge is 0.272 e. The van der Waals surface area contributed by atoms with Crippen LogP contribution in [0.5, 0.6) is 5.75 Å². The first-order valence-electron chi connectivity index (χ1n) is 4.53. The van der Waals surface area contributed by atoms with Crippen molar-refractivity contribution in [1.82, 2.24) is 10.4 Å². The van der Waals surface area contributed by atoms with Gasteiger partial charge in [-0.25, -0.2) is 13.8 Å². The molecule has 1 aromatic rings. The molecule has 88 valence electrons. The molecule has 0 bridgehead atoms. The molecule has 0 aliphatic carbocycles. The lowest BCUT2D eigenvalue weighted by Crippen LogP contribution is -2.39. The molecular weight excluding hydrogens is 218 g/mol. The highest BCUT2D eigenvalue weighted by atomic mass is 19.2. The number of nitrogens with one attached hydrogen (secondary N) is 1. The van der Waals surface area contributed by atoms with Crippen molar-refractivity contribution < 1.29 is 18.3 Å². The van der Waals surface area contributed by atoms with Crippen molar-refractivity contribution in [2.24, 2.45) is 0 Å². The SMILES string of the molecule is CN(C)NC(=O)COc1ccc(F)c(F)c1. The Labute approximate surface area is 91.8 Å². The Morgan fingerprint density at radius 2 is 2.06 bits per heavy atom. The monoisotopic (exact) mass is 230 g/mol. The summed E-state index contributed by atoms with van der Waals surface area (Å²) in [6.45, 7) is -0.261. The van der Waals surface area contributed by atoms with Crippen LogP contribution in [0, 0.1) is 11.6 Å². The molecule has 0 saturated carbocycles. The first-order valence-corrected chi connectivity index (χ1v) is 4.53. The largest absolute Gasteiger partial charge is 0.484 e. The molecular formula is C10H12F2N2O2. The van der Waals surface area contributed by atoms with Gasteiger partial charge in [-0.2, -0.15) is 0 Å². The Hall–Kier alpha value is -1.69. The summed E-state index contributed by atoms with van der Waals surface area (Å²) in [5, 5.41) is 1.46. The maximum atomic E-state index is 12.7. The first kappa shape index (κ1) is 12.4. The second kappa shape index (κ2) is 5.41. The lowest BCUT2D eigenvalue weighted by atomic mass is 10.3. The molecule has 0 saturated heterocycles. The quantitative estimate of drug-likeness (QED) is 0.782. The Morgan fingerprint density at radius 3 is 2.62 bits per heavy atom. The normalized spacial score (nSPS) is 10.3. The maximum Gasteiger partial charge on any atom is 0.272 e. The number of hydrogen-bond donors (Lipinski definition) is 1. The number of carbonyl (C=O) groups excluding carboxylic acids is 1. The lowest BCUT2D eigenvalue weighted by Gasteiger charge is -2.12. The van der Waals surface area contributed by atoms with Crippen molar-refractivity contribution in [3.05, 3.63) is 29.8 Å². The fourth-order valence-corrected chi connectivity index (χ4v) is 0.997. The number of hydrogen-bond acceptors (Lipinski definition) is 3. The molecule has 0 unspecified atom stereocenters. The van der Waals surface area contributed by atoms with E-state index in [1.165, 1.54) is 11.1 Å². The summed E-state index contributed by atoms with van der Waals surface area (Å²) < 4.78 is 30.3. The van der Waals surface area contributed by atoms with Crippen molar-refractivity contribution in [3.8, 4) is 5.75 Å². The van der Waals surface area contributed by atoms with Crippen LogP contribution >= 0.6 is 0 Å². The van der Waals surface area contributed by atoms with Crippen LogP contribution in [0.4, 0.5) is 8.78 Å². The highest BCUT2D eigenvalue weighted by molar-refractivity contribution is 5.76. The van der Waals surface area contributed by atoms with Gasteiger partial charge in [0.05, 0.1) is 0 Å². The zero-order chi connectivity index (χ0) is 12.1. The van der Waals surface area contributed by atoms with Gasteiger partial charge in [-0.3, -0.25) is 10.2 Å². The highest BCUT2D eigenvalue weighted by Crippen LogP contribution is 2.14. The predicted octanol–water partition coefficient (Wildman–Crippen LogP) is 0.936. The Balaban J connectivity index is 2.48. The molecule has 1 amide bonds. The van der Waals surface area contributed by atoms with Crippen LogP contribution in [0.15, 0.2) is 18.2 Å². The van der Waals surface area contributed by atoms with Gasteiger partial charge in [-0.15, -0.1) is 0 Å². The molecule has 0 atom stereocenters. The van der Waals surface area contributed by atoms with Gasteiger partial charge in [-0.05, 0) is 12.1 Å². The van der Waals surface area contributed by atoms with Crippen molar-refractivity contribution in [2.45, 2.75) is 0 Å². The zero-order valence-corrected chi connectivity index (χ0v) is 8.96. The maximum absolute atomic E-state index is 12.7. The molecule has 0 heterocycles. The molecule has 0 radical (unpaired) electrons. The van der Waals surface area contributed by atoms with E-state index in [0.29, 0.717) is 0 Å². The number of ether oxygens (including phenoxy) is 1. The molecule has 0 spiro atoms. The van der Waals surface area contributed by atoms with E-state index in [9.17, 15) is 13.6 Å². The summed E-state index contributed by atoms with van der Waals surface area (Å²) in [4.78, 5) is 11.1. The first-order chi connectivity index (χ1) is 7.49. The number of halogens is 2. The lowest BCUT2D eigenvalue weighted by molar-refractivity contribution is -0.126. The number of amides is 1. The van der Waals surface area contributed by atoms with E-state index < -0.39 is 11.6 Å². The van der Waals surface area contributed by atoms with Crippen LogP contribution in [-0.4, -0.2) is 31.6 Å². The van der Waals surface area contributed by atoms with E-state index in [-0.39, 0.29) is 18.3 Å². The molecule has 4 nitrogen and oxygen atoms in total. The summed E-state index contributed by atoms with van der Waals surface area (Å²) in [6, 6.07) is 3.08. The number of rotatable bonds is 4. The molecule has 0 aromatic heterocycles. The average Bonchev–Trinajstić information content (AvgIpc) is 2.19. The van der Waals surface area contributed by atoms with Gasteiger partial charge in [0, 0.05) is 20.2 Å². The van der Waals surface area contributed by atoms with Gasteiger partial charge in [0.15, 0.2) is 18.2 Å². The molecule has 1 N–H and O–H groups in total. The molecule has 1 rings (SSSR count). The van der Waals surface area contributed by atoms with Crippen molar-refractivity contribution in [2.75, 3.05) is 20.7 Å². The number of hydrazine groups is 1. The number of carbonyl (C=O) groups is 1. The third kappa shape index (κ3) is 3.82. The van der Waals surface area contributed by atoms with Crippen molar-refractivity contribution in [3.63, 3.8) is 0 Å². The Morgan fingerprint density at radius 1 is 1.38 bits per heavy atom. The van der Waals surface area contributed by atoms with E-state index in [1.807, 2.05) is 0 Å². The van der Waals surface area contributed by atoms with E-state index in [0.717, 1.165) is 12.1 Å². The molecule has 0 fully saturated rings. The fourth-order valence-electron chi connectivity index (χ4n) is 0.997. The second-order valence-electron chi connectivity index (χ2n) is 3.29. The summed E-state index contributed by atoms with van der Waals surface area (Å²) in [5.74, 6) is -2.24. The molecule has 0 aliphatic rings. The second-order valence-corrected chi connectivity index (χ2v) is 3.29. The van der Waals surface area contributed by atoms with Crippen LogP contribution in [0.1, 0.15) is 0 Å². The number of nitrogens with zero attached hydrogens (tertiary/aromatic N) is 1. The minimum Gasteiger partial charge on any atom is -0.484 e. The Bertz CT molecular complexity index is 383.